The zero-order valence-corrected chi connectivity index (χ0v) is 11.2. The summed E-state index contributed by atoms with van der Waals surface area (Å²) in [4.78, 5) is 0. The maximum atomic E-state index is 2.45. The van der Waals surface area contributed by atoms with E-state index < -0.39 is 0 Å². The molecular formula is C17H26. The Hall–Kier alpha value is -0.780. The summed E-state index contributed by atoms with van der Waals surface area (Å²) in [6, 6.07) is 10.9. The molecule has 0 aliphatic heterocycles. The van der Waals surface area contributed by atoms with Gasteiger partial charge in [-0.3, -0.25) is 0 Å². The van der Waals surface area contributed by atoms with Crippen LogP contribution in [0.5, 0.6) is 0 Å². The van der Waals surface area contributed by atoms with Crippen molar-refractivity contribution in [1.82, 2.24) is 0 Å². The third kappa shape index (κ3) is 4.18. The van der Waals surface area contributed by atoms with E-state index in [1.165, 1.54) is 56.9 Å². The van der Waals surface area contributed by atoms with Crippen molar-refractivity contribution in [2.45, 2.75) is 58.3 Å². The van der Waals surface area contributed by atoms with Crippen LogP contribution in [0.2, 0.25) is 0 Å². The minimum atomic E-state index is 1.00. The van der Waals surface area contributed by atoms with E-state index in [0.29, 0.717) is 0 Å². The number of hydrogen-bond acceptors (Lipinski definition) is 0. The average molecular weight is 230 g/mol. The van der Waals surface area contributed by atoms with E-state index in [0.717, 1.165) is 11.8 Å². The van der Waals surface area contributed by atoms with Gasteiger partial charge in [-0.05, 0) is 30.2 Å². The van der Waals surface area contributed by atoms with E-state index in [-0.39, 0.29) is 0 Å². The van der Waals surface area contributed by atoms with Gasteiger partial charge in [-0.15, -0.1) is 0 Å². The smallest absolute Gasteiger partial charge is 0.0279 e. The summed E-state index contributed by atoms with van der Waals surface area (Å²) < 4.78 is 0. The summed E-state index contributed by atoms with van der Waals surface area (Å²) in [5.74, 6) is 2.05. The molecule has 1 fully saturated rings. The fourth-order valence-corrected chi connectivity index (χ4v) is 3.21. The molecule has 0 aromatic heterocycles. The van der Waals surface area contributed by atoms with E-state index in [2.05, 4.69) is 37.3 Å². The molecule has 0 spiro atoms. The molecule has 0 saturated heterocycles. The average Bonchev–Trinajstić information content (AvgIpc) is 2.76. The van der Waals surface area contributed by atoms with Crippen molar-refractivity contribution in [2.24, 2.45) is 11.8 Å². The highest BCUT2D eigenvalue weighted by Gasteiger charge is 2.22. The van der Waals surface area contributed by atoms with Crippen LogP contribution >= 0.6 is 0 Å². The van der Waals surface area contributed by atoms with Gasteiger partial charge in [0, 0.05) is 0 Å². The third-order valence-electron chi connectivity index (χ3n) is 4.42. The predicted octanol–water partition coefficient (Wildman–Crippen LogP) is 5.23. The largest absolute Gasteiger partial charge is 0.0622 e. The first-order chi connectivity index (χ1) is 8.36. The highest BCUT2D eigenvalue weighted by molar-refractivity contribution is 5.14. The first kappa shape index (κ1) is 12.7. The Morgan fingerprint density at radius 1 is 1.00 bits per heavy atom. The predicted molar refractivity (Wildman–Crippen MR) is 75.1 cm³/mol. The molecule has 1 aromatic rings. The Balaban J connectivity index is 1.55. The maximum Gasteiger partial charge on any atom is -0.0279 e. The minimum absolute atomic E-state index is 1.00. The Morgan fingerprint density at radius 2 is 1.82 bits per heavy atom. The molecule has 1 aliphatic carbocycles. The molecule has 2 rings (SSSR count). The molecule has 0 radical (unpaired) electrons. The molecule has 17 heavy (non-hydrogen) atoms. The van der Waals surface area contributed by atoms with Crippen LogP contribution in [0.1, 0.15) is 57.4 Å². The van der Waals surface area contributed by atoms with Crippen molar-refractivity contribution in [3.63, 3.8) is 0 Å². The molecule has 1 saturated carbocycles. The Bertz CT molecular complexity index is 301. The Kier molecular flexibility index (Phi) is 5.09. The molecule has 2 unspecified atom stereocenters. The number of rotatable bonds is 6. The van der Waals surface area contributed by atoms with Crippen LogP contribution in [-0.4, -0.2) is 0 Å². The molecule has 0 nitrogen and oxygen atoms in total. The fraction of sp³-hybridized carbons (Fsp3) is 0.647. The lowest BCUT2D eigenvalue weighted by atomic mass is 9.92. The van der Waals surface area contributed by atoms with Gasteiger partial charge < -0.3 is 0 Å². The first-order valence-electron chi connectivity index (χ1n) is 7.40. The van der Waals surface area contributed by atoms with E-state index in [9.17, 15) is 0 Å². The molecule has 0 bridgehead atoms. The lowest BCUT2D eigenvalue weighted by Gasteiger charge is -2.14. The van der Waals surface area contributed by atoms with E-state index >= 15 is 0 Å². The summed E-state index contributed by atoms with van der Waals surface area (Å²) in [7, 11) is 0. The van der Waals surface area contributed by atoms with Crippen molar-refractivity contribution in [2.75, 3.05) is 0 Å². The van der Waals surface area contributed by atoms with Crippen molar-refractivity contribution in [1.29, 1.82) is 0 Å². The van der Waals surface area contributed by atoms with E-state index in [1.807, 2.05) is 0 Å². The molecule has 94 valence electrons. The summed E-state index contributed by atoms with van der Waals surface area (Å²) in [6.07, 6.45) is 11.4. The van der Waals surface area contributed by atoms with Gasteiger partial charge in [-0.25, -0.2) is 0 Å². The highest BCUT2D eigenvalue weighted by Crippen LogP contribution is 2.34. The first-order valence-corrected chi connectivity index (χ1v) is 7.40. The summed E-state index contributed by atoms with van der Waals surface area (Å²) in [6.45, 7) is 2.45. The van der Waals surface area contributed by atoms with Gasteiger partial charge in [0.2, 0.25) is 0 Å². The molecule has 0 heterocycles. The van der Waals surface area contributed by atoms with Gasteiger partial charge in [0.05, 0.1) is 0 Å². The Labute approximate surface area is 106 Å². The van der Waals surface area contributed by atoms with Gasteiger partial charge in [0.15, 0.2) is 0 Å². The van der Waals surface area contributed by atoms with Gasteiger partial charge in [-0.2, -0.15) is 0 Å². The zero-order chi connectivity index (χ0) is 11.9. The standard InChI is InChI=1S/C17H26/c1-15-9-8-14-17(15)13-7-3-6-12-16-10-4-2-5-11-16/h2,4-5,10-11,15,17H,3,6-9,12-14H2,1H3. The number of hydrogen-bond donors (Lipinski definition) is 0. The molecule has 1 aromatic carbocycles. The second kappa shape index (κ2) is 6.83. The third-order valence-corrected chi connectivity index (χ3v) is 4.42. The highest BCUT2D eigenvalue weighted by atomic mass is 14.3. The topological polar surface area (TPSA) is 0 Å². The maximum absolute atomic E-state index is 2.45. The summed E-state index contributed by atoms with van der Waals surface area (Å²) >= 11 is 0. The summed E-state index contributed by atoms with van der Waals surface area (Å²) in [5.41, 5.74) is 1.50. The van der Waals surface area contributed by atoms with Gasteiger partial charge in [0.25, 0.3) is 0 Å². The van der Waals surface area contributed by atoms with E-state index in [4.69, 9.17) is 0 Å². The second-order valence-electron chi connectivity index (χ2n) is 5.75. The fourth-order valence-electron chi connectivity index (χ4n) is 3.21. The van der Waals surface area contributed by atoms with Crippen LogP contribution in [0.15, 0.2) is 30.3 Å². The molecular weight excluding hydrogens is 204 g/mol. The quantitative estimate of drug-likeness (QED) is 0.587. The van der Waals surface area contributed by atoms with Crippen LogP contribution in [0.25, 0.3) is 0 Å². The molecule has 2 atom stereocenters. The minimum Gasteiger partial charge on any atom is -0.0622 e. The van der Waals surface area contributed by atoms with Crippen molar-refractivity contribution < 1.29 is 0 Å². The van der Waals surface area contributed by atoms with Crippen LogP contribution in [0.4, 0.5) is 0 Å². The SMILES string of the molecule is CC1CCCC1CCCCCc1ccccc1. The lowest BCUT2D eigenvalue weighted by Crippen LogP contribution is -2.03. The molecule has 0 N–H and O–H groups in total. The van der Waals surface area contributed by atoms with Gasteiger partial charge >= 0.3 is 0 Å². The molecule has 0 heteroatoms. The lowest BCUT2D eigenvalue weighted by molar-refractivity contribution is 0.375. The second-order valence-corrected chi connectivity index (χ2v) is 5.75. The van der Waals surface area contributed by atoms with Gasteiger partial charge in [0.1, 0.15) is 0 Å². The number of benzene rings is 1. The van der Waals surface area contributed by atoms with Crippen LogP contribution in [0.3, 0.4) is 0 Å². The number of unbranched alkanes of at least 4 members (excludes halogenated alkanes) is 2. The molecule has 0 amide bonds. The Morgan fingerprint density at radius 3 is 2.53 bits per heavy atom. The van der Waals surface area contributed by atoms with Crippen molar-refractivity contribution in [3.8, 4) is 0 Å². The zero-order valence-electron chi connectivity index (χ0n) is 11.2. The van der Waals surface area contributed by atoms with E-state index in [1.54, 1.807) is 0 Å². The van der Waals surface area contributed by atoms with Crippen molar-refractivity contribution >= 4 is 0 Å². The van der Waals surface area contributed by atoms with Crippen molar-refractivity contribution in [3.05, 3.63) is 35.9 Å². The number of aryl methyl sites for hydroxylation is 1. The normalized spacial score (nSPS) is 24.1. The van der Waals surface area contributed by atoms with Crippen LogP contribution in [0, 0.1) is 11.8 Å². The van der Waals surface area contributed by atoms with Crippen LogP contribution in [-0.2, 0) is 6.42 Å². The van der Waals surface area contributed by atoms with Gasteiger partial charge in [-0.1, -0.05) is 75.8 Å². The monoisotopic (exact) mass is 230 g/mol. The summed E-state index contributed by atoms with van der Waals surface area (Å²) in [5, 5.41) is 0. The van der Waals surface area contributed by atoms with Crippen LogP contribution < -0.4 is 0 Å². The molecule has 1 aliphatic rings.